The lowest BCUT2D eigenvalue weighted by atomic mass is 10.3. The molecule has 0 spiro atoms. The van der Waals surface area contributed by atoms with Crippen molar-refractivity contribution in [3.63, 3.8) is 0 Å². The first-order chi connectivity index (χ1) is 6.17. The Morgan fingerprint density at radius 1 is 1.62 bits per heavy atom. The molecule has 2 N–H and O–H groups in total. The van der Waals surface area contributed by atoms with Gasteiger partial charge in [0.05, 0.1) is 19.4 Å². The van der Waals surface area contributed by atoms with Crippen molar-refractivity contribution in [2.24, 2.45) is 0 Å². The molecule has 0 saturated carbocycles. The number of rotatable bonds is 3. The molecule has 5 heteroatoms. The first-order valence-corrected chi connectivity index (χ1v) is 3.56. The van der Waals surface area contributed by atoms with Crippen molar-refractivity contribution in [2.75, 3.05) is 7.11 Å². The van der Waals surface area contributed by atoms with Gasteiger partial charge in [-0.2, -0.15) is 0 Å². The Bertz CT molecular complexity index is 302. The van der Waals surface area contributed by atoms with Gasteiger partial charge in [-0.25, -0.2) is 9.78 Å². The maximum atomic E-state index is 10.5. The summed E-state index contributed by atoms with van der Waals surface area (Å²) in [7, 11) is 1.42. The third kappa shape index (κ3) is 2.16. The predicted octanol–water partition coefficient (Wildman–Crippen LogP) is 0.281. The van der Waals surface area contributed by atoms with Crippen LogP contribution < -0.4 is 4.74 Å². The van der Waals surface area contributed by atoms with E-state index in [4.69, 9.17) is 14.9 Å². The van der Waals surface area contributed by atoms with Gasteiger partial charge >= 0.3 is 5.97 Å². The van der Waals surface area contributed by atoms with E-state index in [-0.39, 0.29) is 18.0 Å². The number of carbonyl (C=O) groups is 1. The van der Waals surface area contributed by atoms with Gasteiger partial charge in [0.15, 0.2) is 5.69 Å². The molecule has 0 unspecified atom stereocenters. The van der Waals surface area contributed by atoms with Gasteiger partial charge in [0, 0.05) is 12.1 Å². The van der Waals surface area contributed by atoms with E-state index in [0.717, 1.165) is 0 Å². The minimum atomic E-state index is -1.14. The third-order valence-electron chi connectivity index (χ3n) is 1.47. The Balaban J connectivity index is 3.14. The topological polar surface area (TPSA) is 79.7 Å². The van der Waals surface area contributed by atoms with Crippen LogP contribution in [0.4, 0.5) is 0 Å². The molecule has 0 bridgehead atoms. The number of ether oxygens (including phenoxy) is 1. The van der Waals surface area contributed by atoms with E-state index in [1.54, 1.807) is 0 Å². The van der Waals surface area contributed by atoms with Crippen LogP contribution in [0.1, 0.15) is 16.2 Å². The normalized spacial score (nSPS) is 9.69. The van der Waals surface area contributed by atoms with Gasteiger partial charge < -0.3 is 14.9 Å². The molecule has 0 aliphatic carbocycles. The minimum absolute atomic E-state index is 0.136. The largest absolute Gasteiger partial charge is 0.497 e. The zero-order chi connectivity index (χ0) is 9.84. The SMILES string of the molecule is COc1cc(CO)nc(C(=O)O)c1. The molecule has 1 heterocycles. The Kier molecular flexibility index (Phi) is 2.81. The summed E-state index contributed by atoms with van der Waals surface area (Å²) in [6.07, 6.45) is 0. The predicted molar refractivity (Wildman–Crippen MR) is 43.7 cm³/mol. The highest BCUT2D eigenvalue weighted by atomic mass is 16.5. The Morgan fingerprint density at radius 2 is 2.31 bits per heavy atom. The van der Waals surface area contributed by atoms with Crippen molar-refractivity contribution in [1.29, 1.82) is 0 Å². The fourth-order valence-corrected chi connectivity index (χ4v) is 0.868. The van der Waals surface area contributed by atoms with Gasteiger partial charge in [-0.05, 0) is 0 Å². The number of carboxylic acid groups (broad SMARTS) is 1. The molecule has 5 nitrogen and oxygen atoms in total. The van der Waals surface area contributed by atoms with Crippen LogP contribution >= 0.6 is 0 Å². The highest BCUT2D eigenvalue weighted by Crippen LogP contribution is 2.13. The summed E-state index contributed by atoms with van der Waals surface area (Å²) in [6.45, 7) is -0.308. The van der Waals surface area contributed by atoms with Gasteiger partial charge in [0.2, 0.25) is 0 Å². The Morgan fingerprint density at radius 3 is 2.77 bits per heavy atom. The lowest BCUT2D eigenvalue weighted by Gasteiger charge is -2.03. The monoisotopic (exact) mass is 183 g/mol. The molecule has 0 aliphatic rings. The van der Waals surface area contributed by atoms with Crippen molar-refractivity contribution in [3.8, 4) is 5.75 Å². The van der Waals surface area contributed by atoms with Gasteiger partial charge in [0.25, 0.3) is 0 Å². The molecule has 0 saturated heterocycles. The van der Waals surface area contributed by atoms with Crippen LogP contribution in [0, 0.1) is 0 Å². The molecule has 1 aromatic heterocycles. The molecular weight excluding hydrogens is 174 g/mol. The molecule has 0 amide bonds. The van der Waals surface area contributed by atoms with Crippen LogP contribution in [0.25, 0.3) is 0 Å². The van der Waals surface area contributed by atoms with E-state index in [1.807, 2.05) is 0 Å². The number of hydrogen-bond donors (Lipinski definition) is 2. The second-order valence-electron chi connectivity index (χ2n) is 2.35. The second-order valence-corrected chi connectivity index (χ2v) is 2.35. The standard InChI is InChI=1S/C8H9NO4/c1-13-6-2-5(4-10)9-7(3-6)8(11)12/h2-3,10H,4H2,1H3,(H,11,12). The van der Waals surface area contributed by atoms with Gasteiger partial charge in [-0.3, -0.25) is 0 Å². The first-order valence-electron chi connectivity index (χ1n) is 3.56. The van der Waals surface area contributed by atoms with Crippen LogP contribution in [0.5, 0.6) is 5.75 Å². The number of pyridine rings is 1. The third-order valence-corrected chi connectivity index (χ3v) is 1.47. The van der Waals surface area contributed by atoms with E-state index in [0.29, 0.717) is 5.75 Å². The van der Waals surface area contributed by atoms with Crippen molar-refractivity contribution in [2.45, 2.75) is 6.61 Å². The lowest BCUT2D eigenvalue weighted by molar-refractivity contribution is 0.0689. The fraction of sp³-hybridized carbons (Fsp3) is 0.250. The molecule has 13 heavy (non-hydrogen) atoms. The van der Waals surface area contributed by atoms with E-state index in [9.17, 15) is 4.79 Å². The molecule has 0 aliphatic heterocycles. The van der Waals surface area contributed by atoms with Gasteiger partial charge in [-0.1, -0.05) is 0 Å². The van der Waals surface area contributed by atoms with Gasteiger partial charge in [0.1, 0.15) is 5.75 Å². The second kappa shape index (κ2) is 3.86. The summed E-state index contributed by atoms with van der Waals surface area (Å²) in [4.78, 5) is 14.2. The molecule has 0 atom stereocenters. The average molecular weight is 183 g/mol. The number of aliphatic hydroxyl groups excluding tert-OH is 1. The van der Waals surface area contributed by atoms with E-state index in [2.05, 4.69) is 4.98 Å². The van der Waals surface area contributed by atoms with E-state index in [1.165, 1.54) is 19.2 Å². The molecule has 0 radical (unpaired) electrons. The Labute approximate surface area is 74.6 Å². The van der Waals surface area contributed by atoms with Crippen LogP contribution in [0.3, 0.4) is 0 Å². The molecule has 0 fully saturated rings. The number of aromatic nitrogens is 1. The van der Waals surface area contributed by atoms with Crippen molar-refractivity contribution < 1.29 is 19.7 Å². The Hall–Kier alpha value is -1.62. The molecule has 1 aromatic rings. The summed E-state index contributed by atoms with van der Waals surface area (Å²) in [6, 6.07) is 2.77. The number of aliphatic hydroxyl groups is 1. The van der Waals surface area contributed by atoms with Crippen LogP contribution in [0.15, 0.2) is 12.1 Å². The maximum absolute atomic E-state index is 10.5. The highest BCUT2D eigenvalue weighted by molar-refractivity contribution is 5.85. The number of aromatic carboxylic acids is 1. The number of methoxy groups -OCH3 is 1. The first kappa shape index (κ1) is 9.47. The van der Waals surface area contributed by atoms with Crippen LogP contribution in [-0.4, -0.2) is 28.3 Å². The smallest absolute Gasteiger partial charge is 0.354 e. The van der Waals surface area contributed by atoms with Crippen LogP contribution in [-0.2, 0) is 6.61 Å². The fourth-order valence-electron chi connectivity index (χ4n) is 0.868. The minimum Gasteiger partial charge on any atom is -0.497 e. The van der Waals surface area contributed by atoms with E-state index < -0.39 is 5.97 Å². The van der Waals surface area contributed by atoms with Gasteiger partial charge in [-0.15, -0.1) is 0 Å². The number of hydrogen-bond acceptors (Lipinski definition) is 4. The lowest BCUT2D eigenvalue weighted by Crippen LogP contribution is -2.03. The molecule has 1 rings (SSSR count). The number of nitrogens with zero attached hydrogens (tertiary/aromatic N) is 1. The molecule has 0 aromatic carbocycles. The van der Waals surface area contributed by atoms with E-state index >= 15 is 0 Å². The zero-order valence-corrected chi connectivity index (χ0v) is 7.02. The zero-order valence-electron chi connectivity index (χ0n) is 7.02. The highest BCUT2D eigenvalue weighted by Gasteiger charge is 2.08. The average Bonchev–Trinajstić information content (AvgIpc) is 2.16. The summed E-state index contributed by atoms with van der Waals surface area (Å²) in [5, 5.41) is 17.4. The summed E-state index contributed by atoms with van der Waals surface area (Å²) in [5.74, 6) is -0.773. The summed E-state index contributed by atoms with van der Waals surface area (Å²) in [5.41, 5.74) is 0.139. The number of carboxylic acids is 1. The van der Waals surface area contributed by atoms with Crippen LogP contribution in [0.2, 0.25) is 0 Å². The summed E-state index contributed by atoms with van der Waals surface area (Å²) < 4.78 is 4.83. The van der Waals surface area contributed by atoms with Crippen molar-refractivity contribution in [3.05, 3.63) is 23.5 Å². The quantitative estimate of drug-likeness (QED) is 0.703. The molecular formula is C8H9NO4. The maximum Gasteiger partial charge on any atom is 0.354 e. The van der Waals surface area contributed by atoms with Crippen molar-refractivity contribution >= 4 is 5.97 Å². The van der Waals surface area contributed by atoms with Crippen molar-refractivity contribution in [1.82, 2.24) is 4.98 Å². The molecule has 70 valence electrons. The summed E-state index contributed by atoms with van der Waals surface area (Å²) >= 11 is 0.